The third-order valence-corrected chi connectivity index (χ3v) is 4.19. The van der Waals surface area contributed by atoms with E-state index >= 15 is 0 Å². The summed E-state index contributed by atoms with van der Waals surface area (Å²) in [7, 11) is 1.63. The average Bonchev–Trinajstić information content (AvgIpc) is 3.18. The van der Waals surface area contributed by atoms with Crippen LogP contribution in [0.1, 0.15) is 16.1 Å². The zero-order valence-corrected chi connectivity index (χ0v) is 14.5. The van der Waals surface area contributed by atoms with Crippen molar-refractivity contribution in [2.24, 2.45) is 7.05 Å². The normalized spacial score (nSPS) is 10.9. The van der Waals surface area contributed by atoms with Crippen LogP contribution in [0.3, 0.4) is 0 Å². The molecule has 0 bridgehead atoms. The van der Waals surface area contributed by atoms with Crippen molar-refractivity contribution < 1.29 is 4.79 Å². The first-order valence-corrected chi connectivity index (χ1v) is 8.30. The number of carbonyl (C=O) groups is 1. The van der Waals surface area contributed by atoms with Gasteiger partial charge in [0.15, 0.2) is 5.69 Å². The van der Waals surface area contributed by atoms with Crippen LogP contribution in [0.25, 0.3) is 11.0 Å². The summed E-state index contributed by atoms with van der Waals surface area (Å²) in [6, 6.07) is 14.5. The zero-order valence-electron chi connectivity index (χ0n) is 14.5. The Bertz CT molecular complexity index is 1180. The summed E-state index contributed by atoms with van der Waals surface area (Å²) in [5.41, 5.74) is 2.20. The fraction of sp³-hybridized carbons (Fsp3) is 0.105. The lowest BCUT2D eigenvalue weighted by molar-refractivity contribution is 0.102. The number of benzene rings is 2. The molecule has 0 saturated carbocycles. The Morgan fingerprint density at radius 1 is 1.15 bits per heavy atom. The van der Waals surface area contributed by atoms with E-state index in [1.165, 1.54) is 10.9 Å². The second kappa shape index (κ2) is 6.83. The Hall–Kier alpha value is -3.81. The van der Waals surface area contributed by atoms with E-state index in [1.54, 1.807) is 36.3 Å². The molecule has 0 aliphatic carbocycles. The molecule has 2 aromatic heterocycles. The first kappa shape index (κ1) is 16.6. The number of anilines is 1. The Labute approximate surface area is 154 Å². The first-order chi connectivity index (χ1) is 13.1. The molecule has 0 spiro atoms. The van der Waals surface area contributed by atoms with Crippen LogP contribution in [0.2, 0.25) is 0 Å². The van der Waals surface area contributed by atoms with Crippen molar-refractivity contribution in [1.29, 1.82) is 0 Å². The smallest absolute Gasteiger partial charge is 0.282 e. The van der Waals surface area contributed by atoms with Gasteiger partial charge in [-0.25, -0.2) is 14.6 Å². The van der Waals surface area contributed by atoms with Crippen molar-refractivity contribution in [1.82, 2.24) is 24.3 Å². The van der Waals surface area contributed by atoms with Crippen LogP contribution in [-0.2, 0) is 13.6 Å². The van der Waals surface area contributed by atoms with Crippen LogP contribution in [0.5, 0.6) is 0 Å². The summed E-state index contributed by atoms with van der Waals surface area (Å²) in [4.78, 5) is 33.3. The summed E-state index contributed by atoms with van der Waals surface area (Å²) in [6.07, 6.45) is 3.08. The van der Waals surface area contributed by atoms with Crippen molar-refractivity contribution in [2.45, 2.75) is 6.54 Å². The molecule has 0 aliphatic rings. The average molecular weight is 360 g/mol. The Morgan fingerprint density at radius 3 is 2.81 bits per heavy atom. The van der Waals surface area contributed by atoms with Crippen molar-refractivity contribution >= 4 is 22.6 Å². The van der Waals surface area contributed by atoms with Gasteiger partial charge in [0.2, 0.25) is 0 Å². The van der Waals surface area contributed by atoms with Crippen molar-refractivity contribution in [3.63, 3.8) is 0 Å². The summed E-state index contributed by atoms with van der Waals surface area (Å²) in [6.45, 7) is 0.527. The number of aromatic nitrogens is 5. The van der Waals surface area contributed by atoms with Gasteiger partial charge in [-0.15, -0.1) is 0 Å². The van der Waals surface area contributed by atoms with E-state index in [4.69, 9.17) is 0 Å². The molecule has 0 unspecified atom stereocenters. The maximum Gasteiger partial charge on any atom is 0.282 e. The minimum absolute atomic E-state index is 0.141. The van der Waals surface area contributed by atoms with Gasteiger partial charge in [-0.05, 0) is 29.8 Å². The summed E-state index contributed by atoms with van der Waals surface area (Å²) in [5.74, 6) is -0.542. The molecule has 27 heavy (non-hydrogen) atoms. The van der Waals surface area contributed by atoms with Crippen molar-refractivity contribution in [2.75, 3.05) is 5.32 Å². The van der Waals surface area contributed by atoms with Crippen molar-refractivity contribution in [3.05, 3.63) is 82.8 Å². The topological polar surface area (TPSA) is 94.7 Å². The molecule has 8 heteroatoms. The lowest BCUT2D eigenvalue weighted by atomic mass is 10.2. The molecular weight excluding hydrogens is 344 g/mol. The molecule has 1 amide bonds. The lowest BCUT2D eigenvalue weighted by Gasteiger charge is -2.09. The monoisotopic (exact) mass is 360 g/mol. The highest BCUT2D eigenvalue weighted by Gasteiger charge is 2.16. The largest absolute Gasteiger partial charge is 0.320 e. The number of nitrogens with one attached hydrogen (secondary N) is 1. The predicted octanol–water partition coefficient (Wildman–Crippen LogP) is 1.83. The molecule has 0 radical (unpaired) electrons. The number of amides is 1. The minimum atomic E-state index is -0.542. The van der Waals surface area contributed by atoms with Crippen LogP contribution in [0.4, 0.5) is 5.69 Å². The molecular formula is C19H16N6O2. The Morgan fingerprint density at radius 2 is 2.00 bits per heavy atom. The number of rotatable bonds is 4. The summed E-state index contributed by atoms with van der Waals surface area (Å²) < 4.78 is 3.11. The number of hydrogen-bond donors (Lipinski definition) is 1. The van der Waals surface area contributed by atoms with E-state index in [1.807, 2.05) is 30.3 Å². The van der Waals surface area contributed by atoms with Gasteiger partial charge in [0, 0.05) is 12.7 Å². The van der Waals surface area contributed by atoms with Crippen LogP contribution in [-0.4, -0.2) is 30.2 Å². The number of aryl methyl sites for hydroxylation is 1. The molecule has 0 fully saturated rings. The third kappa shape index (κ3) is 3.32. The van der Waals surface area contributed by atoms with Crippen LogP contribution in [0, 0.1) is 0 Å². The highest BCUT2D eigenvalue weighted by molar-refractivity contribution is 6.03. The highest BCUT2D eigenvalue weighted by atomic mass is 16.2. The van der Waals surface area contributed by atoms with Crippen LogP contribution >= 0.6 is 0 Å². The van der Waals surface area contributed by atoms with E-state index in [2.05, 4.69) is 20.4 Å². The van der Waals surface area contributed by atoms with Gasteiger partial charge in [0.1, 0.15) is 12.7 Å². The molecule has 2 aromatic carbocycles. The lowest BCUT2D eigenvalue weighted by Crippen LogP contribution is -2.29. The number of nitrogens with zero attached hydrogens (tertiary/aromatic N) is 5. The zero-order chi connectivity index (χ0) is 18.8. The molecule has 0 atom stereocenters. The number of carbonyl (C=O) groups excluding carboxylic acids is 1. The molecule has 8 nitrogen and oxygen atoms in total. The van der Waals surface area contributed by atoms with Gasteiger partial charge >= 0.3 is 0 Å². The molecule has 1 N–H and O–H groups in total. The molecule has 0 saturated heterocycles. The van der Waals surface area contributed by atoms with E-state index in [0.717, 1.165) is 5.56 Å². The maximum absolute atomic E-state index is 12.6. The second-order valence-corrected chi connectivity index (χ2v) is 6.06. The molecule has 134 valence electrons. The first-order valence-electron chi connectivity index (χ1n) is 8.30. The summed E-state index contributed by atoms with van der Waals surface area (Å²) >= 11 is 0. The fourth-order valence-electron chi connectivity index (χ4n) is 2.87. The van der Waals surface area contributed by atoms with Gasteiger partial charge in [-0.1, -0.05) is 24.3 Å². The third-order valence-electron chi connectivity index (χ3n) is 4.19. The maximum atomic E-state index is 12.6. The standard InChI is InChI=1S/C19H16N6O2/c1-24-16-8-3-2-7-15(16)23-17(19(24)27)18(26)22-14-6-4-5-13(9-14)10-25-12-20-11-21-25/h2-9,11-12H,10H2,1H3,(H,22,26). The Balaban J connectivity index is 1.62. The highest BCUT2D eigenvalue weighted by Crippen LogP contribution is 2.13. The molecule has 4 aromatic rings. The quantitative estimate of drug-likeness (QED) is 0.599. The SMILES string of the molecule is Cn1c(=O)c(C(=O)Nc2cccc(Cn3cncn3)c2)nc2ccccc21. The van der Waals surface area contributed by atoms with Gasteiger partial charge in [-0.3, -0.25) is 9.59 Å². The van der Waals surface area contributed by atoms with E-state index < -0.39 is 11.5 Å². The van der Waals surface area contributed by atoms with Crippen LogP contribution < -0.4 is 10.9 Å². The van der Waals surface area contributed by atoms with Crippen molar-refractivity contribution in [3.8, 4) is 0 Å². The van der Waals surface area contributed by atoms with Gasteiger partial charge < -0.3 is 9.88 Å². The summed E-state index contributed by atoms with van der Waals surface area (Å²) in [5, 5.41) is 6.81. The fourth-order valence-corrected chi connectivity index (χ4v) is 2.87. The van der Waals surface area contributed by atoms with Gasteiger partial charge in [0.25, 0.3) is 11.5 Å². The molecule has 0 aliphatic heterocycles. The molecule has 2 heterocycles. The predicted molar refractivity (Wildman–Crippen MR) is 101 cm³/mol. The number of fused-ring (bicyclic) bond motifs is 1. The number of para-hydroxylation sites is 2. The molecule has 4 rings (SSSR count). The van der Waals surface area contributed by atoms with Gasteiger partial charge in [-0.2, -0.15) is 5.10 Å². The second-order valence-electron chi connectivity index (χ2n) is 6.06. The van der Waals surface area contributed by atoms with Gasteiger partial charge in [0.05, 0.1) is 17.6 Å². The van der Waals surface area contributed by atoms with E-state index in [-0.39, 0.29) is 5.69 Å². The number of hydrogen-bond acceptors (Lipinski definition) is 5. The Kier molecular flexibility index (Phi) is 4.21. The van der Waals surface area contributed by atoms with E-state index in [9.17, 15) is 9.59 Å². The van der Waals surface area contributed by atoms with Crippen LogP contribution in [0.15, 0.2) is 66.0 Å². The minimum Gasteiger partial charge on any atom is -0.320 e. The van der Waals surface area contributed by atoms with E-state index in [0.29, 0.717) is 23.3 Å².